The van der Waals surface area contributed by atoms with Gasteiger partial charge in [0, 0.05) is 17.6 Å². The summed E-state index contributed by atoms with van der Waals surface area (Å²) in [5, 5.41) is 6.87. The zero-order valence-corrected chi connectivity index (χ0v) is 18.5. The predicted octanol–water partition coefficient (Wildman–Crippen LogP) is 5.62. The standard InChI is InChI=1S/C21H27ClN3O2S/c1-6-9-26-17-8-7-16-18(27-14(4)5)10-19(24-21(16)20(17)22)25-11-15(12-28-25)23-13(2)3/h7-8,10-14,23H,6,9H2,1-5H3/q+1. The summed E-state index contributed by atoms with van der Waals surface area (Å²) < 4.78 is 13.9. The molecule has 150 valence electrons. The van der Waals surface area contributed by atoms with E-state index in [0.717, 1.165) is 29.1 Å². The predicted molar refractivity (Wildman–Crippen MR) is 116 cm³/mol. The van der Waals surface area contributed by atoms with Crippen LogP contribution in [0.15, 0.2) is 29.8 Å². The molecule has 0 spiro atoms. The summed E-state index contributed by atoms with van der Waals surface area (Å²) in [6.45, 7) is 10.9. The molecule has 0 aliphatic carbocycles. The maximum atomic E-state index is 6.66. The van der Waals surface area contributed by atoms with Gasteiger partial charge >= 0.3 is 5.82 Å². The second-order valence-corrected chi connectivity index (χ2v) is 8.42. The van der Waals surface area contributed by atoms with Gasteiger partial charge in [-0.3, -0.25) is 0 Å². The van der Waals surface area contributed by atoms with Crippen LogP contribution in [-0.4, -0.2) is 23.7 Å². The van der Waals surface area contributed by atoms with Crippen molar-refractivity contribution in [3.05, 3.63) is 34.8 Å². The molecule has 3 aromatic rings. The molecule has 0 saturated heterocycles. The van der Waals surface area contributed by atoms with Crippen LogP contribution in [0, 0.1) is 0 Å². The molecule has 0 radical (unpaired) electrons. The highest BCUT2D eigenvalue weighted by Crippen LogP contribution is 2.37. The van der Waals surface area contributed by atoms with Gasteiger partial charge in [-0.15, -0.1) is 3.96 Å². The number of aromatic nitrogens is 2. The van der Waals surface area contributed by atoms with E-state index >= 15 is 0 Å². The van der Waals surface area contributed by atoms with E-state index in [9.17, 15) is 0 Å². The third-order valence-corrected chi connectivity index (χ3v) is 5.13. The molecule has 3 rings (SSSR count). The molecule has 0 fully saturated rings. The van der Waals surface area contributed by atoms with Gasteiger partial charge in [0.25, 0.3) is 0 Å². The minimum Gasteiger partial charge on any atom is -0.492 e. The summed E-state index contributed by atoms with van der Waals surface area (Å²) >= 11 is 8.22. The second kappa shape index (κ2) is 8.97. The molecular weight excluding hydrogens is 394 g/mol. The number of nitrogens with zero attached hydrogens (tertiary/aromatic N) is 2. The van der Waals surface area contributed by atoms with Crippen molar-refractivity contribution in [2.45, 2.75) is 53.2 Å². The van der Waals surface area contributed by atoms with E-state index in [2.05, 4.69) is 31.5 Å². The highest BCUT2D eigenvalue weighted by Gasteiger charge is 2.22. The fraction of sp³-hybridized carbons (Fsp3) is 0.429. The number of halogens is 1. The van der Waals surface area contributed by atoms with Gasteiger partial charge in [-0.1, -0.05) is 18.5 Å². The van der Waals surface area contributed by atoms with Crippen LogP contribution in [0.4, 0.5) is 5.69 Å². The van der Waals surface area contributed by atoms with Crippen molar-refractivity contribution in [3.63, 3.8) is 0 Å². The van der Waals surface area contributed by atoms with Crippen LogP contribution in [0.5, 0.6) is 11.5 Å². The first-order valence-electron chi connectivity index (χ1n) is 9.59. The first-order chi connectivity index (χ1) is 13.4. The fourth-order valence-electron chi connectivity index (χ4n) is 2.81. The van der Waals surface area contributed by atoms with Crippen molar-refractivity contribution in [3.8, 4) is 17.3 Å². The minimum absolute atomic E-state index is 0.0414. The molecule has 2 aromatic heterocycles. The Hall–Kier alpha value is -2.05. The summed E-state index contributed by atoms with van der Waals surface area (Å²) in [5.74, 6) is 2.17. The largest absolute Gasteiger partial charge is 0.492 e. The molecule has 0 bridgehead atoms. The summed E-state index contributed by atoms with van der Waals surface area (Å²) in [7, 11) is 0. The molecule has 0 saturated carbocycles. The number of hydrogen-bond acceptors (Lipinski definition) is 5. The van der Waals surface area contributed by atoms with Crippen LogP contribution in [0.1, 0.15) is 41.0 Å². The van der Waals surface area contributed by atoms with Crippen molar-refractivity contribution >= 4 is 39.7 Å². The third-order valence-electron chi connectivity index (χ3n) is 3.89. The number of ether oxygens (including phenoxy) is 2. The van der Waals surface area contributed by atoms with Crippen LogP contribution in [0.2, 0.25) is 5.02 Å². The van der Waals surface area contributed by atoms with Gasteiger partial charge < -0.3 is 14.8 Å². The van der Waals surface area contributed by atoms with Crippen LogP contribution in [-0.2, 0) is 0 Å². The Morgan fingerprint density at radius 1 is 1.21 bits per heavy atom. The molecule has 0 amide bonds. The lowest BCUT2D eigenvalue weighted by Gasteiger charge is -2.13. The lowest BCUT2D eigenvalue weighted by molar-refractivity contribution is -0.523. The highest BCUT2D eigenvalue weighted by atomic mass is 35.5. The normalized spacial score (nSPS) is 11.4. The Kier molecular flexibility index (Phi) is 6.62. The van der Waals surface area contributed by atoms with E-state index < -0.39 is 0 Å². The Bertz CT molecular complexity index is 956. The van der Waals surface area contributed by atoms with Gasteiger partial charge in [0.2, 0.25) is 5.52 Å². The quantitative estimate of drug-likeness (QED) is 0.480. The zero-order valence-electron chi connectivity index (χ0n) is 17.0. The Balaban J connectivity index is 2.11. The number of nitrogens with one attached hydrogen (secondary N) is 1. The van der Waals surface area contributed by atoms with Crippen molar-refractivity contribution in [1.82, 2.24) is 4.98 Å². The van der Waals surface area contributed by atoms with Gasteiger partial charge in [-0.2, -0.15) is 0 Å². The molecule has 1 N–H and O–H groups in total. The molecule has 7 heteroatoms. The van der Waals surface area contributed by atoms with Crippen molar-refractivity contribution < 1.29 is 13.4 Å². The first kappa shape index (κ1) is 20.7. The second-order valence-electron chi connectivity index (χ2n) is 7.20. The van der Waals surface area contributed by atoms with E-state index in [1.54, 1.807) is 11.5 Å². The smallest absolute Gasteiger partial charge is 0.343 e. The van der Waals surface area contributed by atoms with E-state index in [1.165, 1.54) is 0 Å². The molecule has 0 aliphatic rings. The van der Waals surface area contributed by atoms with Crippen molar-refractivity contribution in [2.75, 3.05) is 11.9 Å². The molecule has 5 nitrogen and oxygen atoms in total. The van der Waals surface area contributed by atoms with Crippen LogP contribution >= 0.6 is 23.1 Å². The monoisotopic (exact) mass is 420 g/mol. The lowest BCUT2D eigenvalue weighted by Crippen LogP contribution is -2.26. The van der Waals surface area contributed by atoms with E-state index in [1.807, 2.05) is 42.2 Å². The van der Waals surface area contributed by atoms with E-state index in [0.29, 0.717) is 28.9 Å². The number of benzene rings is 1. The molecule has 1 aromatic carbocycles. The Labute approximate surface area is 175 Å². The van der Waals surface area contributed by atoms with Gasteiger partial charge in [0.05, 0.1) is 35.2 Å². The van der Waals surface area contributed by atoms with Crippen molar-refractivity contribution in [2.24, 2.45) is 0 Å². The number of hydrogen-bond donors (Lipinski definition) is 1. The summed E-state index contributed by atoms with van der Waals surface area (Å²) in [5.41, 5.74) is 1.74. The zero-order chi connectivity index (χ0) is 20.3. The number of fused-ring (bicyclic) bond motifs is 1. The van der Waals surface area contributed by atoms with Gasteiger partial charge in [-0.05, 0) is 51.2 Å². The molecular formula is C21H27ClN3O2S+. The number of rotatable bonds is 8. The summed E-state index contributed by atoms with van der Waals surface area (Å²) in [6.07, 6.45) is 2.99. The van der Waals surface area contributed by atoms with E-state index in [4.69, 9.17) is 26.1 Å². The first-order valence-corrected chi connectivity index (χ1v) is 10.8. The highest BCUT2D eigenvalue weighted by molar-refractivity contribution is 7.00. The van der Waals surface area contributed by atoms with Crippen LogP contribution < -0.4 is 18.7 Å². The van der Waals surface area contributed by atoms with Crippen LogP contribution in [0.3, 0.4) is 0 Å². The summed E-state index contributed by atoms with van der Waals surface area (Å²) in [4.78, 5) is 4.83. The average Bonchev–Trinajstić information content (AvgIpc) is 3.08. The number of anilines is 1. The van der Waals surface area contributed by atoms with Crippen LogP contribution in [0.25, 0.3) is 16.7 Å². The molecule has 2 heterocycles. The molecule has 0 atom stereocenters. The van der Waals surface area contributed by atoms with Crippen molar-refractivity contribution in [1.29, 1.82) is 0 Å². The van der Waals surface area contributed by atoms with E-state index in [-0.39, 0.29) is 6.10 Å². The molecule has 28 heavy (non-hydrogen) atoms. The fourth-order valence-corrected chi connectivity index (χ4v) is 3.80. The Morgan fingerprint density at radius 2 is 2.00 bits per heavy atom. The summed E-state index contributed by atoms with van der Waals surface area (Å²) in [6, 6.07) is 6.17. The SMILES string of the molecule is CCCOc1ccc2c(OC(C)C)cc(-[n+]3cc(NC(C)C)cs3)nc2c1Cl. The minimum atomic E-state index is 0.0414. The maximum absolute atomic E-state index is 6.66. The Morgan fingerprint density at radius 3 is 2.68 bits per heavy atom. The topological polar surface area (TPSA) is 47.3 Å². The molecule has 0 aliphatic heterocycles. The average molecular weight is 421 g/mol. The third kappa shape index (κ3) is 4.67. The van der Waals surface area contributed by atoms with Gasteiger partial charge in [0.15, 0.2) is 0 Å². The molecule has 0 unspecified atom stereocenters. The number of pyridine rings is 1. The lowest BCUT2D eigenvalue weighted by atomic mass is 10.2. The van der Waals surface area contributed by atoms with Gasteiger partial charge in [0.1, 0.15) is 22.7 Å². The maximum Gasteiger partial charge on any atom is 0.343 e. The van der Waals surface area contributed by atoms with Gasteiger partial charge in [-0.25, -0.2) is 0 Å².